The van der Waals surface area contributed by atoms with E-state index >= 15 is 0 Å². The van der Waals surface area contributed by atoms with Gasteiger partial charge in [0.15, 0.2) is 0 Å². The molecule has 1 aromatic heterocycles. The first kappa shape index (κ1) is 9.97. The van der Waals surface area contributed by atoms with Crippen LogP contribution >= 0.6 is 15.9 Å². The molecule has 0 aliphatic rings. The summed E-state index contributed by atoms with van der Waals surface area (Å²) in [5, 5.41) is 5.98. The summed E-state index contributed by atoms with van der Waals surface area (Å²) in [6.07, 6.45) is 1.41. The molecule has 78 valence electrons. The summed E-state index contributed by atoms with van der Waals surface area (Å²) in [7, 11) is 1.55. The largest absolute Gasteiger partial charge is 0.495 e. The maximum Gasteiger partial charge on any atom is 0.347 e. The molecule has 0 saturated heterocycles. The van der Waals surface area contributed by atoms with Crippen LogP contribution < -0.4 is 10.4 Å². The van der Waals surface area contributed by atoms with Crippen molar-refractivity contribution in [3.8, 4) is 11.4 Å². The fraction of sp³-hybridized carbons (Fsp3) is 0.111. The molecule has 6 heteroatoms. The van der Waals surface area contributed by atoms with Crippen molar-refractivity contribution in [1.29, 1.82) is 0 Å². The zero-order chi connectivity index (χ0) is 10.8. The first-order valence-electron chi connectivity index (χ1n) is 4.18. The van der Waals surface area contributed by atoms with Gasteiger partial charge >= 0.3 is 5.69 Å². The molecule has 0 fully saturated rings. The highest BCUT2D eigenvalue weighted by molar-refractivity contribution is 9.10. The maximum atomic E-state index is 11.4. The van der Waals surface area contributed by atoms with Crippen molar-refractivity contribution in [1.82, 2.24) is 14.8 Å². The normalized spacial score (nSPS) is 10.3. The van der Waals surface area contributed by atoms with Gasteiger partial charge in [-0.05, 0) is 18.2 Å². The van der Waals surface area contributed by atoms with Crippen LogP contribution in [0.1, 0.15) is 0 Å². The van der Waals surface area contributed by atoms with Crippen LogP contribution in [0.15, 0.2) is 33.8 Å². The second kappa shape index (κ2) is 3.90. The molecule has 1 N–H and O–H groups in total. The second-order valence-electron chi connectivity index (χ2n) is 2.85. The van der Waals surface area contributed by atoms with Crippen LogP contribution in [-0.4, -0.2) is 21.9 Å². The van der Waals surface area contributed by atoms with Crippen molar-refractivity contribution < 1.29 is 4.74 Å². The van der Waals surface area contributed by atoms with Gasteiger partial charge in [-0.2, -0.15) is 5.10 Å². The quantitative estimate of drug-likeness (QED) is 0.895. The fourth-order valence-electron chi connectivity index (χ4n) is 1.27. The molecular formula is C9H8BrN3O2. The molecule has 0 radical (unpaired) electrons. The smallest absolute Gasteiger partial charge is 0.347 e. The van der Waals surface area contributed by atoms with Crippen LogP contribution in [0.4, 0.5) is 0 Å². The predicted octanol–water partition coefficient (Wildman–Crippen LogP) is 1.33. The average molecular weight is 270 g/mol. The Morgan fingerprint density at radius 1 is 1.53 bits per heavy atom. The lowest BCUT2D eigenvalue weighted by Crippen LogP contribution is -2.14. The van der Waals surface area contributed by atoms with Crippen molar-refractivity contribution in [2.24, 2.45) is 0 Å². The van der Waals surface area contributed by atoms with Crippen molar-refractivity contribution in [3.05, 3.63) is 39.5 Å². The van der Waals surface area contributed by atoms with E-state index in [2.05, 4.69) is 26.1 Å². The predicted molar refractivity (Wildman–Crippen MR) is 58.4 cm³/mol. The Labute approximate surface area is 93.8 Å². The van der Waals surface area contributed by atoms with Crippen LogP contribution in [0.25, 0.3) is 5.69 Å². The first-order chi connectivity index (χ1) is 7.22. The van der Waals surface area contributed by atoms with Gasteiger partial charge in [-0.15, -0.1) is 0 Å². The number of ether oxygens (including phenoxy) is 1. The molecule has 0 unspecified atom stereocenters. The third-order valence-corrected chi connectivity index (χ3v) is 2.45. The number of halogens is 1. The Morgan fingerprint density at radius 3 is 2.93 bits per heavy atom. The monoisotopic (exact) mass is 269 g/mol. The summed E-state index contributed by atoms with van der Waals surface area (Å²) in [5.41, 5.74) is 0.344. The molecule has 0 amide bonds. The Bertz CT molecular complexity index is 532. The van der Waals surface area contributed by atoms with E-state index in [1.54, 1.807) is 19.2 Å². The number of hydrogen-bond donors (Lipinski definition) is 1. The van der Waals surface area contributed by atoms with Gasteiger partial charge in [0.25, 0.3) is 0 Å². The molecule has 0 spiro atoms. The van der Waals surface area contributed by atoms with Crippen molar-refractivity contribution in [3.63, 3.8) is 0 Å². The van der Waals surface area contributed by atoms with E-state index < -0.39 is 0 Å². The zero-order valence-electron chi connectivity index (χ0n) is 7.90. The van der Waals surface area contributed by atoms with Gasteiger partial charge in [0.2, 0.25) is 0 Å². The Kier molecular flexibility index (Phi) is 2.59. The Hall–Kier alpha value is -1.56. The van der Waals surface area contributed by atoms with Gasteiger partial charge in [0.1, 0.15) is 12.1 Å². The number of rotatable bonds is 2. The van der Waals surface area contributed by atoms with Gasteiger partial charge in [-0.1, -0.05) is 15.9 Å². The van der Waals surface area contributed by atoms with Crippen LogP contribution in [0, 0.1) is 0 Å². The summed E-state index contributed by atoms with van der Waals surface area (Å²) in [6.45, 7) is 0. The third kappa shape index (κ3) is 1.80. The molecule has 2 rings (SSSR count). The topological polar surface area (TPSA) is 59.9 Å². The van der Waals surface area contributed by atoms with Gasteiger partial charge < -0.3 is 4.74 Å². The van der Waals surface area contributed by atoms with Crippen molar-refractivity contribution in [2.75, 3.05) is 7.11 Å². The van der Waals surface area contributed by atoms with Gasteiger partial charge in [0.05, 0.1) is 12.8 Å². The van der Waals surface area contributed by atoms with E-state index in [-0.39, 0.29) is 5.69 Å². The number of hydrogen-bond acceptors (Lipinski definition) is 3. The van der Waals surface area contributed by atoms with Crippen LogP contribution in [0.5, 0.6) is 5.75 Å². The zero-order valence-corrected chi connectivity index (χ0v) is 9.48. The summed E-state index contributed by atoms with van der Waals surface area (Å²) < 4.78 is 7.40. The molecule has 1 aromatic carbocycles. The molecule has 5 nitrogen and oxygen atoms in total. The van der Waals surface area contributed by atoms with E-state index in [0.29, 0.717) is 11.4 Å². The lowest BCUT2D eigenvalue weighted by molar-refractivity contribution is 0.412. The first-order valence-corrected chi connectivity index (χ1v) is 4.97. The second-order valence-corrected chi connectivity index (χ2v) is 3.76. The highest BCUT2D eigenvalue weighted by atomic mass is 79.9. The number of H-pyrrole nitrogens is 1. The highest BCUT2D eigenvalue weighted by Crippen LogP contribution is 2.25. The number of benzene rings is 1. The summed E-state index contributed by atoms with van der Waals surface area (Å²) in [5.74, 6) is 0.613. The average Bonchev–Trinajstić information content (AvgIpc) is 2.64. The fourth-order valence-corrected chi connectivity index (χ4v) is 1.62. The number of aromatic amines is 1. The number of nitrogens with one attached hydrogen (secondary N) is 1. The van der Waals surface area contributed by atoms with E-state index in [1.165, 1.54) is 10.9 Å². The third-order valence-electron chi connectivity index (χ3n) is 1.95. The molecular weight excluding hydrogens is 262 g/mol. The molecule has 0 aliphatic carbocycles. The lowest BCUT2D eigenvalue weighted by Gasteiger charge is -2.07. The van der Waals surface area contributed by atoms with Gasteiger partial charge in [-0.3, -0.25) is 0 Å². The van der Waals surface area contributed by atoms with Crippen LogP contribution in [-0.2, 0) is 0 Å². The summed E-state index contributed by atoms with van der Waals surface area (Å²) in [4.78, 5) is 11.4. The molecule has 2 aromatic rings. The van der Waals surface area contributed by atoms with Crippen LogP contribution in [0.2, 0.25) is 0 Å². The Morgan fingerprint density at radius 2 is 2.33 bits per heavy atom. The van der Waals surface area contributed by atoms with Crippen LogP contribution in [0.3, 0.4) is 0 Å². The Balaban J connectivity index is 2.66. The van der Waals surface area contributed by atoms with Gasteiger partial charge in [-0.25, -0.2) is 14.5 Å². The molecule has 0 atom stereocenters. The number of nitrogens with zero attached hydrogens (tertiary/aromatic N) is 2. The highest BCUT2D eigenvalue weighted by Gasteiger charge is 2.08. The SMILES string of the molecule is COc1ccc(Br)cc1-n1cn[nH]c1=O. The number of methoxy groups -OCH3 is 1. The minimum atomic E-state index is -0.300. The van der Waals surface area contributed by atoms with E-state index in [4.69, 9.17) is 4.74 Å². The lowest BCUT2D eigenvalue weighted by atomic mass is 10.3. The van der Waals surface area contributed by atoms with E-state index in [9.17, 15) is 4.79 Å². The number of aromatic nitrogens is 3. The summed E-state index contributed by atoms with van der Waals surface area (Å²) in [6, 6.07) is 5.40. The molecule has 0 bridgehead atoms. The minimum Gasteiger partial charge on any atom is -0.495 e. The molecule has 0 aliphatic heterocycles. The minimum absolute atomic E-state index is 0.300. The van der Waals surface area contributed by atoms with E-state index in [0.717, 1.165) is 4.47 Å². The van der Waals surface area contributed by atoms with E-state index in [1.807, 2.05) is 6.07 Å². The maximum absolute atomic E-state index is 11.4. The molecule has 15 heavy (non-hydrogen) atoms. The van der Waals surface area contributed by atoms with Gasteiger partial charge in [0, 0.05) is 4.47 Å². The molecule has 0 saturated carbocycles. The van der Waals surface area contributed by atoms with Crippen molar-refractivity contribution >= 4 is 15.9 Å². The molecule has 1 heterocycles. The van der Waals surface area contributed by atoms with Crippen molar-refractivity contribution in [2.45, 2.75) is 0 Å². The summed E-state index contributed by atoms with van der Waals surface area (Å²) >= 11 is 3.33. The standard InChI is InChI=1S/C9H8BrN3O2/c1-15-8-3-2-6(10)4-7(8)13-5-11-12-9(13)14/h2-5H,1H3,(H,12,14).